The third-order valence-electron chi connectivity index (χ3n) is 4.09. The minimum atomic E-state index is -0.523. The summed E-state index contributed by atoms with van der Waals surface area (Å²) >= 11 is 1.22. The van der Waals surface area contributed by atoms with Gasteiger partial charge in [-0.2, -0.15) is 4.68 Å². The summed E-state index contributed by atoms with van der Waals surface area (Å²) in [6, 6.07) is 12.0. The van der Waals surface area contributed by atoms with Gasteiger partial charge in [0.05, 0.1) is 12.4 Å². The second-order valence-corrected chi connectivity index (χ2v) is 7.55. The first-order valence-electron chi connectivity index (χ1n) is 8.70. The van der Waals surface area contributed by atoms with Crippen LogP contribution in [0.25, 0.3) is 5.69 Å². The van der Waals surface area contributed by atoms with Crippen molar-refractivity contribution in [3.8, 4) is 11.4 Å². The van der Waals surface area contributed by atoms with Crippen LogP contribution in [0.4, 0.5) is 5.69 Å². The Balaban J connectivity index is 1.74. The van der Waals surface area contributed by atoms with Crippen molar-refractivity contribution in [2.24, 2.45) is 5.73 Å². The number of carbonyl (C=O) groups excluding carboxylic acids is 2. The topological polar surface area (TPSA) is 125 Å². The van der Waals surface area contributed by atoms with E-state index >= 15 is 0 Å². The molecule has 0 aliphatic heterocycles. The molecular weight excluding hydrogens is 392 g/mol. The molecule has 1 heterocycles. The minimum absolute atomic E-state index is 0.229. The van der Waals surface area contributed by atoms with Gasteiger partial charge in [0.1, 0.15) is 11.4 Å². The van der Waals surface area contributed by atoms with Crippen LogP contribution in [0.3, 0.4) is 0 Å². The molecule has 0 aliphatic rings. The molecule has 2 amide bonds. The number of primary amides is 1. The van der Waals surface area contributed by atoms with Gasteiger partial charge in [0, 0.05) is 11.3 Å². The highest BCUT2D eigenvalue weighted by molar-refractivity contribution is 8.00. The lowest BCUT2D eigenvalue weighted by atomic mass is 10.2. The Morgan fingerprint density at radius 3 is 2.59 bits per heavy atom. The number of methoxy groups -OCH3 is 1. The number of ether oxygens (including phenoxy) is 1. The molecule has 0 saturated heterocycles. The monoisotopic (exact) mass is 412 g/mol. The van der Waals surface area contributed by atoms with Crippen molar-refractivity contribution in [1.82, 2.24) is 20.2 Å². The van der Waals surface area contributed by atoms with Gasteiger partial charge in [-0.1, -0.05) is 17.8 Å². The van der Waals surface area contributed by atoms with Gasteiger partial charge < -0.3 is 15.8 Å². The Hall–Kier alpha value is -3.40. The number of rotatable bonds is 7. The van der Waals surface area contributed by atoms with Crippen LogP contribution in [0.1, 0.15) is 22.8 Å². The molecule has 0 aliphatic carbocycles. The zero-order chi connectivity index (χ0) is 21.0. The molecule has 0 bridgehead atoms. The van der Waals surface area contributed by atoms with Crippen molar-refractivity contribution in [3.05, 3.63) is 53.6 Å². The third-order valence-corrected chi connectivity index (χ3v) is 5.12. The highest BCUT2D eigenvalue weighted by Gasteiger charge is 2.21. The summed E-state index contributed by atoms with van der Waals surface area (Å²) in [5, 5.41) is 14.6. The normalized spacial score (nSPS) is 11.7. The third kappa shape index (κ3) is 4.72. The van der Waals surface area contributed by atoms with Crippen LogP contribution in [0.15, 0.2) is 47.6 Å². The predicted octanol–water partition coefficient (Wildman–Crippen LogP) is 2.20. The van der Waals surface area contributed by atoms with Crippen molar-refractivity contribution >= 4 is 29.3 Å². The molecule has 0 unspecified atom stereocenters. The van der Waals surface area contributed by atoms with Gasteiger partial charge in [-0.05, 0) is 66.2 Å². The first kappa shape index (κ1) is 20.3. The molecule has 29 heavy (non-hydrogen) atoms. The Bertz CT molecular complexity index is 1030. The minimum Gasteiger partial charge on any atom is -0.494 e. The molecule has 0 fully saturated rings. The number of nitrogens with two attached hydrogens (primary N) is 1. The zero-order valence-corrected chi connectivity index (χ0v) is 16.9. The zero-order valence-electron chi connectivity index (χ0n) is 16.1. The first-order chi connectivity index (χ1) is 13.9. The average Bonchev–Trinajstić information content (AvgIpc) is 3.16. The number of carbonyl (C=O) groups is 2. The number of nitrogens with one attached hydrogen (secondary N) is 1. The van der Waals surface area contributed by atoms with E-state index in [9.17, 15) is 9.59 Å². The molecule has 9 nitrogen and oxygen atoms in total. The molecule has 1 aromatic heterocycles. The van der Waals surface area contributed by atoms with E-state index in [-0.39, 0.29) is 5.91 Å². The van der Waals surface area contributed by atoms with Crippen LogP contribution in [-0.2, 0) is 4.79 Å². The maximum absolute atomic E-state index is 12.6. The van der Waals surface area contributed by atoms with E-state index in [1.807, 2.05) is 25.1 Å². The number of tetrazole rings is 1. The maximum Gasteiger partial charge on any atom is 0.248 e. The number of benzene rings is 2. The van der Waals surface area contributed by atoms with Crippen LogP contribution in [0.2, 0.25) is 0 Å². The summed E-state index contributed by atoms with van der Waals surface area (Å²) < 4.78 is 6.94. The van der Waals surface area contributed by atoms with E-state index in [1.165, 1.54) is 11.8 Å². The number of nitrogens with zero attached hydrogens (tertiary/aromatic N) is 4. The molecule has 0 radical (unpaired) electrons. The van der Waals surface area contributed by atoms with E-state index < -0.39 is 11.2 Å². The lowest BCUT2D eigenvalue weighted by Crippen LogP contribution is -2.23. The summed E-state index contributed by atoms with van der Waals surface area (Å²) in [4.78, 5) is 23.7. The van der Waals surface area contributed by atoms with Crippen LogP contribution in [-0.4, -0.2) is 44.4 Å². The summed E-state index contributed by atoms with van der Waals surface area (Å²) in [6.45, 7) is 3.71. The molecule has 3 rings (SSSR count). The van der Waals surface area contributed by atoms with E-state index in [2.05, 4.69) is 20.8 Å². The summed E-state index contributed by atoms with van der Waals surface area (Å²) in [5.74, 6) is -0.130. The highest BCUT2D eigenvalue weighted by atomic mass is 32.2. The van der Waals surface area contributed by atoms with Crippen LogP contribution < -0.4 is 15.8 Å². The molecule has 3 N–H and O–H groups in total. The number of aromatic nitrogens is 4. The van der Waals surface area contributed by atoms with Crippen LogP contribution >= 0.6 is 11.8 Å². The van der Waals surface area contributed by atoms with Gasteiger partial charge in [-0.25, -0.2) is 0 Å². The standard InChI is InChI=1S/C19H20N6O3S/c1-11-4-9-16(28-3)15(10-11)25-19(22-23-24-25)29-12(2)18(27)21-14-7-5-13(6-8-14)17(20)26/h4-10,12H,1-3H3,(H2,20,26)(H,21,27)/t12-/m1/s1. The molecule has 10 heteroatoms. The molecule has 0 saturated carbocycles. The first-order valence-corrected chi connectivity index (χ1v) is 9.58. The Morgan fingerprint density at radius 1 is 1.21 bits per heavy atom. The van der Waals surface area contributed by atoms with Gasteiger partial charge in [0.2, 0.25) is 17.0 Å². The SMILES string of the molecule is COc1ccc(C)cc1-n1nnnc1S[C@H](C)C(=O)Nc1ccc(C(N)=O)cc1. The Morgan fingerprint density at radius 2 is 1.93 bits per heavy atom. The lowest BCUT2D eigenvalue weighted by molar-refractivity contribution is -0.115. The smallest absolute Gasteiger partial charge is 0.248 e. The van der Waals surface area contributed by atoms with Gasteiger partial charge in [-0.15, -0.1) is 5.10 Å². The fourth-order valence-corrected chi connectivity index (χ4v) is 3.34. The largest absolute Gasteiger partial charge is 0.494 e. The van der Waals surface area contributed by atoms with Crippen molar-refractivity contribution < 1.29 is 14.3 Å². The average molecular weight is 412 g/mol. The van der Waals surface area contributed by atoms with Gasteiger partial charge in [0.25, 0.3) is 0 Å². The number of aryl methyl sites for hydroxylation is 1. The van der Waals surface area contributed by atoms with Gasteiger partial charge >= 0.3 is 0 Å². The van der Waals surface area contributed by atoms with Crippen molar-refractivity contribution in [2.75, 3.05) is 12.4 Å². The molecule has 150 valence electrons. The van der Waals surface area contributed by atoms with Crippen LogP contribution in [0, 0.1) is 6.92 Å². The van der Waals surface area contributed by atoms with Crippen molar-refractivity contribution in [1.29, 1.82) is 0 Å². The highest BCUT2D eigenvalue weighted by Crippen LogP contribution is 2.29. The second kappa shape index (κ2) is 8.74. The molecule has 3 aromatic rings. The molecule has 2 aromatic carbocycles. The fraction of sp³-hybridized carbons (Fsp3) is 0.211. The molecule has 0 spiro atoms. The van der Waals surface area contributed by atoms with Crippen LogP contribution in [0.5, 0.6) is 5.75 Å². The van der Waals surface area contributed by atoms with Gasteiger partial charge in [0.15, 0.2) is 0 Å². The van der Waals surface area contributed by atoms with E-state index in [0.29, 0.717) is 27.8 Å². The van der Waals surface area contributed by atoms with E-state index in [0.717, 1.165) is 5.56 Å². The molecule has 1 atom stereocenters. The quantitative estimate of drug-likeness (QED) is 0.570. The molecular formula is C19H20N6O3S. The lowest BCUT2D eigenvalue weighted by Gasteiger charge is -2.13. The van der Waals surface area contributed by atoms with E-state index in [4.69, 9.17) is 10.5 Å². The number of amides is 2. The van der Waals surface area contributed by atoms with E-state index in [1.54, 1.807) is 43.0 Å². The number of hydrogen-bond donors (Lipinski definition) is 2. The second-order valence-electron chi connectivity index (χ2n) is 6.24. The number of thioether (sulfide) groups is 1. The van der Waals surface area contributed by atoms with Crippen molar-refractivity contribution in [3.63, 3.8) is 0 Å². The van der Waals surface area contributed by atoms with Crippen molar-refractivity contribution in [2.45, 2.75) is 24.3 Å². The maximum atomic E-state index is 12.6. The Kier molecular flexibility index (Phi) is 6.13. The number of hydrogen-bond acceptors (Lipinski definition) is 7. The fourth-order valence-electron chi connectivity index (χ4n) is 2.54. The predicted molar refractivity (Wildman–Crippen MR) is 109 cm³/mol. The summed E-state index contributed by atoms with van der Waals surface area (Å²) in [6.07, 6.45) is 0. The Labute approximate surface area is 171 Å². The number of anilines is 1. The summed E-state index contributed by atoms with van der Waals surface area (Å²) in [7, 11) is 1.57. The van der Waals surface area contributed by atoms with Gasteiger partial charge in [-0.3, -0.25) is 9.59 Å². The summed E-state index contributed by atoms with van der Waals surface area (Å²) in [5.41, 5.74) is 7.87.